The first-order valence-corrected chi connectivity index (χ1v) is 8.43. The summed E-state index contributed by atoms with van der Waals surface area (Å²) in [5, 5.41) is 12.8. The Morgan fingerprint density at radius 1 is 0.800 bits per heavy atom. The molecule has 4 nitrogen and oxygen atoms in total. The minimum Gasteiger partial charge on any atom is -0.258 e. The number of hydrogen-bond donors (Lipinski definition) is 0. The quantitative estimate of drug-likeness (QED) is 0.345. The predicted octanol–water partition coefficient (Wildman–Crippen LogP) is 6.94. The van der Waals surface area contributed by atoms with Gasteiger partial charge in [-0.2, -0.15) is 0 Å². The monoisotopic (exact) mass is 412 g/mol. The molecule has 0 bridgehead atoms. The standard InChI is InChI=1S/C17H8Cl4N2O2/c18-12-3-1-9(5-14(12)20)11-7-16(22-8-17(11)23(24)25)10-2-4-13(19)15(21)6-10/h1-8H. The Kier molecular flexibility index (Phi) is 5.16. The third-order valence-corrected chi connectivity index (χ3v) is 5.00. The largest absolute Gasteiger partial charge is 0.295 e. The van der Waals surface area contributed by atoms with Gasteiger partial charge < -0.3 is 0 Å². The second kappa shape index (κ2) is 7.18. The third kappa shape index (κ3) is 3.72. The van der Waals surface area contributed by atoms with Crippen LogP contribution in [0.3, 0.4) is 0 Å². The zero-order chi connectivity index (χ0) is 18.1. The topological polar surface area (TPSA) is 56.0 Å². The van der Waals surface area contributed by atoms with Gasteiger partial charge in [0, 0.05) is 5.56 Å². The van der Waals surface area contributed by atoms with Crippen LogP contribution in [0.5, 0.6) is 0 Å². The van der Waals surface area contributed by atoms with Gasteiger partial charge in [0.2, 0.25) is 0 Å². The number of aromatic nitrogens is 1. The van der Waals surface area contributed by atoms with E-state index in [2.05, 4.69) is 4.98 Å². The van der Waals surface area contributed by atoms with E-state index >= 15 is 0 Å². The minimum absolute atomic E-state index is 0.137. The minimum atomic E-state index is -0.497. The van der Waals surface area contributed by atoms with Gasteiger partial charge in [-0.1, -0.05) is 58.5 Å². The SMILES string of the molecule is O=[N+]([O-])c1cnc(-c2ccc(Cl)c(Cl)c2)cc1-c1ccc(Cl)c(Cl)c1. The van der Waals surface area contributed by atoms with Crippen molar-refractivity contribution in [2.75, 3.05) is 0 Å². The third-order valence-electron chi connectivity index (χ3n) is 3.53. The molecule has 0 saturated heterocycles. The highest BCUT2D eigenvalue weighted by Crippen LogP contribution is 2.36. The number of nitro groups is 1. The maximum absolute atomic E-state index is 11.4. The zero-order valence-electron chi connectivity index (χ0n) is 12.3. The van der Waals surface area contributed by atoms with E-state index in [0.717, 1.165) is 0 Å². The summed E-state index contributed by atoms with van der Waals surface area (Å²) in [5.74, 6) is 0. The Morgan fingerprint density at radius 3 is 1.92 bits per heavy atom. The molecule has 0 fully saturated rings. The molecule has 0 N–H and O–H groups in total. The van der Waals surface area contributed by atoms with Gasteiger partial charge >= 0.3 is 0 Å². The molecule has 2 aromatic carbocycles. The number of halogens is 4. The fraction of sp³-hybridized carbons (Fsp3) is 0. The van der Waals surface area contributed by atoms with Crippen LogP contribution in [0.4, 0.5) is 5.69 Å². The molecule has 8 heteroatoms. The average molecular weight is 414 g/mol. The summed E-state index contributed by atoms with van der Waals surface area (Å²) in [6.07, 6.45) is 1.20. The van der Waals surface area contributed by atoms with Crippen molar-refractivity contribution in [3.05, 3.63) is 78.9 Å². The van der Waals surface area contributed by atoms with Crippen LogP contribution in [0.15, 0.2) is 48.7 Å². The molecule has 0 aliphatic heterocycles. The van der Waals surface area contributed by atoms with Crippen molar-refractivity contribution in [2.24, 2.45) is 0 Å². The highest BCUT2D eigenvalue weighted by atomic mass is 35.5. The molecular formula is C17H8Cl4N2O2. The highest BCUT2D eigenvalue weighted by Gasteiger charge is 2.18. The molecule has 0 amide bonds. The summed E-state index contributed by atoms with van der Waals surface area (Å²) in [6.45, 7) is 0. The second-order valence-electron chi connectivity index (χ2n) is 5.10. The van der Waals surface area contributed by atoms with Gasteiger partial charge in [0.25, 0.3) is 5.69 Å². The molecule has 1 heterocycles. The van der Waals surface area contributed by atoms with Crippen molar-refractivity contribution in [1.29, 1.82) is 0 Å². The van der Waals surface area contributed by atoms with Gasteiger partial charge in [0.1, 0.15) is 6.20 Å². The molecule has 0 unspecified atom stereocenters. The summed E-state index contributed by atoms with van der Waals surface area (Å²) in [7, 11) is 0. The van der Waals surface area contributed by atoms with Crippen molar-refractivity contribution in [2.45, 2.75) is 0 Å². The fourth-order valence-electron chi connectivity index (χ4n) is 2.30. The second-order valence-corrected chi connectivity index (χ2v) is 6.73. The Bertz CT molecular complexity index is 992. The predicted molar refractivity (Wildman–Crippen MR) is 102 cm³/mol. The summed E-state index contributed by atoms with van der Waals surface area (Å²) < 4.78 is 0. The van der Waals surface area contributed by atoms with Crippen LogP contribution in [0.2, 0.25) is 20.1 Å². The molecule has 126 valence electrons. The van der Waals surface area contributed by atoms with Gasteiger partial charge in [-0.25, -0.2) is 4.98 Å². The Morgan fingerprint density at radius 2 is 1.36 bits per heavy atom. The maximum Gasteiger partial charge on any atom is 0.295 e. The number of hydrogen-bond acceptors (Lipinski definition) is 3. The molecular weight excluding hydrogens is 406 g/mol. The normalized spacial score (nSPS) is 10.7. The lowest BCUT2D eigenvalue weighted by atomic mass is 10.0. The van der Waals surface area contributed by atoms with Gasteiger partial charge in [0.15, 0.2) is 0 Å². The van der Waals surface area contributed by atoms with E-state index < -0.39 is 4.92 Å². The van der Waals surface area contributed by atoms with E-state index in [4.69, 9.17) is 46.4 Å². The molecule has 3 rings (SSSR count). The number of pyridine rings is 1. The molecule has 3 aromatic rings. The van der Waals surface area contributed by atoms with Gasteiger partial charge in [-0.3, -0.25) is 10.1 Å². The Balaban J connectivity index is 2.19. The summed E-state index contributed by atoms with van der Waals surface area (Å²) in [6, 6.07) is 11.5. The van der Waals surface area contributed by atoms with Crippen LogP contribution in [0, 0.1) is 10.1 Å². The Labute approximate surface area is 163 Å². The van der Waals surface area contributed by atoms with E-state index in [1.54, 1.807) is 42.5 Å². The van der Waals surface area contributed by atoms with E-state index in [-0.39, 0.29) is 5.69 Å². The van der Waals surface area contributed by atoms with E-state index in [1.165, 1.54) is 6.20 Å². The van der Waals surface area contributed by atoms with Crippen LogP contribution < -0.4 is 0 Å². The molecule has 25 heavy (non-hydrogen) atoms. The van der Waals surface area contributed by atoms with E-state index in [0.29, 0.717) is 42.5 Å². The molecule has 0 atom stereocenters. The van der Waals surface area contributed by atoms with Crippen molar-refractivity contribution >= 4 is 52.1 Å². The lowest BCUT2D eigenvalue weighted by molar-refractivity contribution is -0.384. The van der Waals surface area contributed by atoms with Crippen LogP contribution in [-0.4, -0.2) is 9.91 Å². The number of rotatable bonds is 3. The van der Waals surface area contributed by atoms with Crippen molar-refractivity contribution in [3.8, 4) is 22.4 Å². The van der Waals surface area contributed by atoms with Gasteiger partial charge in [-0.15, -0.1) is 0 Å². The smallest absolute Gasteiger partial charge is 0.258 e. The molecule has 0 saturated carbocycles. The van der Waals surface area contributed by atoms with E-state index in [1.807, 2.05) is 0 Å². The molecule has 0 spiro atoms. The van der Waals surface area contributed by atoms with Crippen LogP contribution in [0.1, 0.15) is 0 Å². The number of benzene rings is 2. The first-order chi connectivity index (χ1) is 11.9. The average Bonchev–Trinajstić information content (AvgIpc) is 2.59. The van der Waals surface area contributed by atoms with Crippen molar-refractivity contribution in [3.63, 3.8) is 0 Å². The summed E-state index contributed by atoms with van der Waals surface area (Å²) in [5.41, 5.74) is 2.00. The highest BCUT2D eigenvalue weighted by molar-refractivity contribution is 6.42. The molecule has 1 aromatic heterocycles. The summed E-state index contributed by atoms with van der Waals surface area (Å²) in [4.78, 5) is 15.0. The molecule has 0 aliphatic rings. The fourth-order valence-corrected chi connectivity index (χ4v) is 2.90. The van der Waals surface area contributed by atoms with Gasteiger partial charge in [0.05, 0.1) is 36.3 Å². The van der Waals surface area contributed by atoms with Gasteiger partial charge in [-0.05, 0) is 35.9 Å². The van der Waals surface area contributed by atoms with Crippen LogP contribution in [-0.2, 0) is 0 Å². The molecule has 0 aliphatic carbocycles. The number of nitrogens with zero attached hydrogens (tertiary/aromatic N) is 2. The lowest BCUT2D eigenvalue weighted by Gasteiger charge is -2.08. The van der Waals surface area contributed by atoms with E-state index in [9.17, 15) is 10.1 Å². The van der Waals surface area contributed by atoms with Crippen molar-refractivity contribution < 1.29 is 4.92 Å². The first-order valence-electron chi connectivity index (χ1n) is 6.92. The molecule has 0 radical (unpaired) electrons. The van der Waals surface area contributed by atoms with Crippen LogP contribution in [0.25, 0.3) is 22.4 Å². The van der Waals surface area contributed by atoms with Crippen molar-refractivity contribution in [1.82, 2.24) is 4.98 Å². The summed E-state index contributed by atoms with van der Waals surface area (Å²) >= 11 is 23.9. The van der Waals surface area contributed by atoms with Crippen LogP contribution >= 0.6 is 46.4 Å². The Hall–Kier alpha value is -1.85. The maximum atomic E-state index is 11.4. The first kappa shape index (κ1) is 18.0. The zero-order valence-corrected chi connectivity index (χ0v) is 15.4. The lowest BCUT2D eigenvalue weighted by Crippen LogP contribution is -1.95.